The highest BCUT2D eigenvalue weighted by atomic mass is 32.2. The molecule has 2 rings (SSSR count). The van der Waals surface area contributed by atoms with Gasteiger partial charge in [0.1, 0.15) is 6.33 Å². The zero-order valence-electron chi connectivity index (χ0n) is 11.0. The molecule has 0 atom stereocenters. The van der Waals surface area contributed by atoms with Crippen LogP contribution >= 0.6 is 11.8 Å². The minimum Gasteiger partial charge on any atom is -0.357 e. The third-order valence-corrected chi connectivity index (χ3v) is 3.09. The van der Waals surface area contributed by atoms with E-state index in [1.807, 2.05) is 11.8 Å². The fraction of sp³-hybridized carbons (Fsp3) is 0.455. The van der Waals surface area contributed by atoms with Crippen molar-refractivity contribution in [2.45, 2.75) is 6.42 Å². The third kappa shape index (κ3) is 3.82. The van der Waals surface area contributed by atoms with Crippen molar-refractivity contribution in [1.82, 2.24) is 24.5 Å². The molecule has 19 heavy (non-hydrogen) atoms. The molecule has 0 unspecified atom stereocenters. The van der Waals surface area contributed by atoms with Crippen LogP contribution in [0, 0.1) is 0 Å². The summed E-state index contributed by atoms with van der Waals surface area (Å²) in [7, 11) is 1.78. The van der Waals surface area contributed by atoms with Crippen molar-refractivity contribution in [1.29, 1.82) is 0 Å². The van der Waals surface area contributed by atoms with Gasteiger partial charge in [0.15, 0.2) is 0 Å². The molecule has 2 N–H and O–H groups in total. The first-order valence-electron chi connectivity index (χ1n) is 5.98. The molecule has 0 aromatic carbocycles. The lowest BCUT2D eigenvalue weighted by Gasteiger charge is -2.08. The van der Waals surface area contributed by atoms with Crippen LogP contribution in [0.15, 0.2) is 18.7 Å². The molecule has 2 heterocycles. The molecular formula is C11H17N7S. The normalized spacial score (nSPS) is 10.4. The Balaban J connectivity index is 2.12. The summed E-state index contributed by atoms with van der Waals surface area (Å²) in [6, 6.07) is 0. The van der Waals surface area contributed by atoms with E-state index in [-0.39, 0.29) is 0 Å². The molecule has 0 amide bonds. The van der Waals surface area contributed by atoms with Crippen molar-refractivity contribution in [3.05, 3.63) is 18.7 Å². The van der Waals surface area contributed by atoms with Gasteiger partial charge in [-0.25, -0.2) is 4.98 Å². The van der Waals surface area contributed by atoms with Crippen molar-refractivity contribution in [3.8, 4) is 5.95 Å². The molecule has 7 nitrogen and oxygen atoms in total. The van der Waals surface area contributed by atoms with Gasteiger partial charge in [-0.1, -0.05) is 0 Å². The number of imidazole rings is 1. The summed E-state index contributed by atoms with van der Waals surface area (Å²) < 4.78 is 1.75. The second-order valence-electron chi connectivity index (χ2n) is 3.78. The van der Waals surface area contributed by atoms with Gasteiger partial charge in [0, 0.05) is 26.0 Å². The smallest absolute Gasteiger partial charge is 0.241 e. The molecular weight excluding hydrogens is 262 g/mol. The summed E-state index contributed by atoms with van der Waals surface area (Å²) in [5.74, 6) is 2.77. The molecule has 0 aliphatic heterocycles. The summed E-state index contributed by atoms with van der Waals surface area (Å²) in [5, 5.41) is 6.14. The Labute approximate surface area is 116 Å². The van der Waals surface area contributed by atoms with Crippen LogP contribution in [0.25, 0.3) is 5.95 Å². The van der Waals surface area contributed by atoms with E-state index in [1.54, 1.807) is 30.3 Å². The van der Waals surface area contributed by atoms with Crippen molar-refractivity contribution < 1.29 is 0 Å². The number of hydrogen-bond donors (Lipinski definition) is 2. The van der Waals surface area contributed by atoms with E-state index < -0.39 is 0 Å². The number of nitrogens with one attached hydrogen (secondary N) is 2. The van der Waals surface area contributed by atoms with E-state index in [0.717, 1.165) is 18.7 Å². The van der Waals surface area contributed by atoms with E-state index in [2.05, 4.69) is 36.8 Å². The average Bonchev–Trinajstić information content (AvgIpc) is 2.97. The monoisotopic (exact) mass is 279 g/mol. The molecule has 0 saturated carbocycles. The second-order valence-corrected chi connectivity index (χ2v) is 4.76. The van der Waals surface area contributed by atoms with Crippen LogP contribution in [0.1, 0.15) is 6.42 Å². The highest BCUT2D eigenvalue weighted by Crippen LogP contribution is 2.09. The van der Waals surface area contributed by atoms with Crippen molar-refractivity contribution in [2.75, 3.05) is 36.2 Å². The average molecular weight is 279 g/mol. The zero-order valence-corrected chi connectivity index (χ0v) is 11.8. The Kier molecular flexibility index (Phi) is 4.96. The number of aromatic nitrogens is 5. The van der Waals surface area contributed by atoms with Crippen LogP contribution in [0.5, 0.6) is 0 Å². The molecule has 0 aliphatic carbocycles. The highest BCUT2D eigenvalue weighted by Gasteiger charge is 2.06. The summed E-state index contributed by atoms with van der Waals surface area (Å²) >= 11 is 1.83. The van der Waals surface area contributed by atoms with Gasteiger partial charge in [-0.05, 0) is 18.4 Å². The van der Waals surface area contributed by atoms with E-state index in [0.29, 0.717) is 17.8 Å². The number of rotatable bonds is 7. The first-order valence-corrected chi connectivity index (χ1v) is 7.38. The molecule has 0 bridgehead atoms. The molecule has 8 heteroatoms. The van der Waals surface area contributed by atoms with Crippen molar-refractivity contribution >= 4 is 23.7 Å². The summed E-state index contributed by atoms with van der Waals surface area (Å²) in [4.78, 5) is 16.9. The van der Waals surface area contributed by atoms with Crippen LogP contribution in [-0.2, 0) is 0 Å². The maximum absolute atomic E-state index is 4.36. The quantitative estimate of drug-likeness (QED) is 0.738. The Bertz CT molecular complexity index is 500. The van der Waals surface area contributed by atoms with E-state index >= 15 is 0 Å². The fourth-order valence-electron chi connectivity index (χ4n) is 1.47. The lowest BCUT2D eigenvalue weighted by atomic mass is 10.5. The Morgan fingerprint density at radius 1 is 1.26 bits per heavy atom. The molecule has 0 spiro atoms. The van der Waals surface area contributed by atoms with Gasteiger partial charge >= 0.3 is 0 Å². The summed E-state index contributed by atoms with van der Waals surface area (Å²) in [6.07, 6.45) is 8.31. The van der Waals surface area contributed by atoms with Gasteiger partial charge in [0.25, 0.3) is 0 Å². The standard InChI is InChI=1S/C11H17N7S/c1-12-9-15-10(14-4-3-7-19-2)17-11(16-9)18-6-5-13-8-18/h5-6,8H,3-4,7H2,1-2H3,(H2,12,14,15,16,17). The van der Waals surface area contributed by atoms with Gasteiger partial charge in [-0.2, -0.15) is 26.7 Å². The van der Waals surface area contributed by atoms with Crippen LogP contribution < -0.4 is 10.6 Å². The first-order chi connectivity index (χ1) is 9.33. The SMILES string of the molecule is CNc1nc(NCCCSC)nc(-n2ccnc2)n1. The van der Waals surface area contributed by atoms with Crippen LogP contribution in [0.2, 0.25) is 0 Å². The third-order valence-electron chi connectivity index (χ3n) is 2.39. The van der Waals surface area contributed by atoms with Crippen molar-refractivity contribution in [3.63, 3.8) is 0 Å². The number of hydrogen-bond acceptors (Lipinski definition) is 7. The van der Waals surface area contributed by atoms with Gasteiger partial charge in [0.05, 0.1) is 0 Å². The molecule has 102 valence electrons. The Morgan fingerprint density at radius 2 is 2.11 bits per heavy atom. The highest BCUT2D eigenvalue weighted by molar-refractivity contribution is 7.98. The molecule has 2 aromatic rings. The fourth-order valence-corrected chi connectivity index (χ4v) is 1.90. The van der Waals surface area contributed by atoms with Crippen molar-refractivity contribution in [2.24, 2.45) is 0 Å². The van der Waals surface area contributed by atoms with Crippen LogP contribution in [0.4, 0.5) is 11.9 Å². The maximum atomic E-state index is 4.36. The maximum Gasteiger partial charge on any atom is 0.241 e. The van der Waals surface area contributed by atoms with Gasteiger partial charge < -0.3 is 10.6 Å². The van der Waals surface area contributed by atoms with Gasteiger partial charge in [-0.3, -0.25) is 4.57 Å². The lowest BCUT2D eigenvalue weighted by molar-refractivity contribution is 0.883. The van der Waals surface area contributed by atoms with E-state index in [4.69, 9.17) is 0 Å². The minimum absolute atomic E-state index is 0.533. The summed E-state index contributed by atoms with van der Waals surface area (Å²) in [5.41, 5.74) is 0. The lowest BCUT2D eigenvalue weighted by Crippen LogP contribution is -2.11. The number of thioether (sulfide) groups is 1. The molecule has 2 aromatic heterocycles. The Hall–Kier alpha value is -1.83. The summed E-state index contributed by atoms with van der Waals surface area (Å²) in [6.45, 7) is 0.845. The predicted molar refractivity (Wildman–Crippen MR) is 78.0 cm³/mol. The van der Waals surface area contributed by atoms with Crippen LogP contribution in [-0.4, -0.2) is 50.1 Å². The number of anilines is 2. The van der Waals surface area contributed by atoms with Gasteiger partial charge in [0.2, 0.25) is 17.8 Å². The largest absolute Gasteiger partial charge is 0.357 e. The number of nitrogens with zero attached hydrogens (tertiary/aromatic N) is 5. The Morgan fingerprint density at radius 3 is 2.79 bits per heavy atom. The van der Waals surface area contributed by atoms with E-state index in [1.165, 1.54) is 0 Å². The predicted octanol–water partition coefficient (Wildman–Crippen LogP) is 1.26. The zero-order chi connectivity index (χ0) is 13.5. The molecule has 0 fully saturated rings. The second kappa shape index (κ2) is 6.93. The molecule has 0 radical (unpaired) electrons. The first kappa shape index (κ1) is 13.6. The van der Waals surface area contributed by atoms with Gasteiger partial charge in [-0.15, -0.1) is 0 Å². The van der Waals surface area contributed by atoms with Crippen LogP contribution in [0.3, 0.4) is 0 Å². The molecule has 0 aliphatic rings. The minimum atomic E-state index is 0.533. The molecule has 0 saturated heterocycles. The topological polar surface area (TPSA) is 80.5 Å². The van der Waals surface area contributed by atoms with E-state index in [9.17, 15) is 0 Å².